The maximum Gasteiger partial charge on any atom is 0.238 e. The predicted molar refractivity (Wildman–Crippen MR) is 97.6 cm³/mol. The van der Waals surface area contributed by atoms with E-state index in [0.717, 1.165) is 12.1 Å². The van der Waals surface area contributed by atoms with Gasteiger partial charge < -0.3 is 10.6 Å². The molecule has 0 saturated carbocycles. The van der Waals surface area contributed by atoms with Crippen molar-refractivity contribution in [2.24, 2.45) is 0 Å². The van der Waals surface area contributed by atoms with Crippen LogP contribution in [0.3, 0.4) is 0 Å². The van der Waals surface area contributed by atoms with Crippen molar-refractivity contribution < 1.29 is 18.4 Å². The molecule has 26 heavy (non-hydrogen) atoms. The van der Waals surface area contributed by atoms with Crippen molar-refractivity contribution >= 4 is 46.4 Å². The van der Waals surface area contributed by atoms with E-state index in [2.05, 4.69) is 10.6 Å². The van der Waals surface area contributed by atoms with Gasteiger partial charge in [-0.3, -0.25) is 14.5 Å². The first kappa shape index (κ1) is 20.1. The van der Waals surface area contributed by atoms with Crippen molar-refractivity contribution in [1.29, 1.82) is 0 Å². The highest BCUT2D eigenvalue weighted by molar-refractivity contribution is 6.42. The van der Waals surface area contributed by atoms with Crippen LogP contribution in [-0.2, 0) is 9.59 Å². The summed E-state index contributed by atoms with van der Waals surface area (Å²) in [7, 11) is 1.57. The third-order valence-corrected chi connectivity index (χ3v) is 3.97. The minimum Gasteiger partial charge on any atom is -0.325 e. The highest BCUT2D eigenvalue weighted by Gasteiger charge is 2.12. The van der Waals surface area contributed by atoms with E-state index in [1.165, 1.54) is 17.0 Å². The summed E-state index contributed by atoms with van der Waals surface area (Å²) in [6.07, 6.45) is 0. The second-order valence-corrected chi connectivity index (χ2v) is 6.34. The normalized spacial score (nSPS) is 10.7. The van der Waals surface area contributed by atoms with Crippen LogP contribution in [0.15, 0.2) is 36.4 Å². The lowest BCUT2D eigenvalue weighted by atomic mass is 10.3. The van der Waals surface area contributed by atoms with Gasteiger partial charge in [0.25, 0.3) is 0 Å². The molecule has 0 aliphatic carbocycles. The third kappa shape index (κ3) is 5.94. The first-order chi connectivity index (χ1) is 12.2. The van der Waals surface area contributed by atoms with Gasteiger partial charge in [-0.1, -0.05) is 23.2 Å². The topological polar surface area (TPSA) is 61.4 Å². The maximum atomic E-state index is 13.1. The SMILES string of the molecule is CN(CC(=O)Nc1ccc(F)c(F)c1)CC(=O)Nc1ccc(Cl)c(Cl)c1. The van der Waals surface area contributed by atoms with Gasteiger partial charge >= 0.3 is 0 Å². The molecule has 0 saturated heterocycles. The van der Waals surface area contributed by atoms with E-state index in [1.54, 1.807) is 19.2 Å². The second kappa shape index (κ2) is 8.93. The number of likely N-dealkylation sites (N-methyl/N-ethyl adjacent to an activating group) is 1. The summed E-state index contributed by atoms with van der Waals surface area (Å²) in [4.78, 5) is 25.4. The Labute approximate surface area is 158 Å². The molecule has 2 aromatic rings. The second-order valence-electron chi connectivity index (χ2n) is 5.53. The summed E-state index contributed by atoms with van der Waals surface area (Å²) >= 11 is 11.7. The molecule has 0 aliphatic rings. The number of rotatable bonds is 6. The van der Waals surface area contributed by atoms with Crippen LogP contribution in [0.4, 0.5) is 20.2 Å². The molecular weight excluding hydrogens is 387 g/mol. The van der Waals surface area contributed by atoms with Gasteiger partial charge in [0.2, 0.25) is 11.8 Å². The molecule has 0 aliphatic heterocycles. The number of hydrogen-bond donors (Lipinski definition) is 2. The Morgan fingerprint density at radius 1 is 0.885 bits per heavy atom. The van der Waals surface area contributed by atoms with E-state index in [9.17, 15) is 18.4 Å². The first-order valence-electron chi connectivity index (χ1n) is 7.43. The molecule has 0 spiro atoms. The van der Waals surface area contributed by atoms with E-state index in [0.29, 0.717) is 15.7 Å². The minimum atomic E-state index is -1.06. The van der Waals surface area contributed by atoms with Crippen LogP contribution >= 0.6 is 23.2 Å². The van der Waals surface area contributed by atoms with Crippen LogP contribution < -0.4 is 10.6 Å². The maximum absolute atomic E-state index is 13.1. The lowest BCUT2D eigenvalue weighted by Crippen LogP contribution is -2.36. The average molecular weight is 402 g/mol. The zero-order chi connectivity index (χ0) is 19.3. The largest absolute Gasteiger partial charge is 0.325 e. The summed E-state index contributed by atoms with van der Waals surface area (Å²) in [5, 5.41) is 5.74. The Bertz CT molecular complexity index is 766. The van der Waals surface area contributed by atoms with Crippen LogP contribution in [0.1, 0.15) is 0 Å². The molecule has 2 amide bonds. The lowest BCUT2D eigenvalue weighted by molar-refractivity contribution is -0.119. The molecule has 0 atom stereocenters. The fourth-order valence-electron chi connectivity index (χ4n) is 2.10. The molecule has 0 unspecified atom stereocenters. The Balaban J connectivity index is 1.83. The Morgan fingerprint density at radius 3 is 1.96 bits per heavy atom. The Kier molecular flexibility index (Phi) is 6.90. The van der Waals surface area contributed by atoms with Crippen LogP contribution in [0, 0.1) is 11.6 Å². The predicted octanol–water partition coefficient (Wildman–Crippen LogP) is 3.78. The van der Waals surface area contributed by atoms with E-state index in [4.69, 9.17) is 23.2 Å². The van der Waals surface area contributed by atoms with Gasteiger partial charge in [-0.05, 0) is 37.4 Å². The number of hydrogen-bond acceptors (Lipinski definition) is 3. The highest BCUT2D eigenvalue weighted by Crippen LogP contribution is 2.24. The molecule has 2 aromatic carbocycles. The van der Waals surface area contributed by atoms with Gasteiger partial charge in [-0.2, -0.15) is 0 Å². The number of amides is 2. The van der Waals surface area contributed by atoms with E-state index in [1.807, 2.05) is 0 Å². The smallest absolute Gasteiger partial charge is 0.238 e. The van der Waals surface area contributed by atoms with Gasteiger partial charge in [0.15, 0.2) is 11.6 Å². The molecule has 0 radical (unpaired) electrons. The third-order valence-electron chi connectivity index (χ3n) is 3.23. The van der Waals surface area contributed by atoms with Gasteiger partial charge in [-0.25, -0.2) is 8.78 Å². The van der Waals surface area contributed by atoms with Crippen molar-refractivity contribution in [2.45, 2.75) is 0 Å². The van der Waals surface area contributed by atoms with Gasteiger partial charge in [0.1, 0.15) is 0 Å². The molecule has 2 rings (SSSR count). The molecule has 0 heterocycles. The van der Waals surface area contributed by atoms with Crippen molar-refractivity contribution in [2.75, 3.05) is 30.8 Å². The quantitative estimate of drug-likeness (QED) is 0.773. The van der Waals surface area contributed by atoms with Gasteiger partial charge in [0, 0.05) is 17.4 Å². The zero-order valence-electron chi connectivity index (χ0n) is 13.7. The summed E-state index contributed by atoms with van der Waals surface area (Å²) in [5.41, 5.74) is 0.603. The van der Waals surface area contributed by atoms with Gasteiger partial charge in [-0.15, -0.1) is 0 Å². The summed E-state index contributed by atoms with van der Waals surface area (Å²) < 4.78 is 26.0. The van der Waals surface area contributed by atoms with Gasteiger partial charge in [0.05, 0.1) is 23.1 Å². The Hall–Kier alpha value is -2.22. The number of carbonyl (C=O) groups excluding carboxylic acids is 2. The van der Waals surface area contributed by atoms with E-state index in [-0.39, 0.29) is 24.7 Å². The molecule has 0 aromatic heterocycles. The zero-order valence-corrected chi connectivity index (χ0v) is 15.2. The summed E-state index contributed by atoms with van der Waals surface area (Å²) in [5.74, 6) is -2.89. The lowest BCUT2D eigenvalue weighted by Gasteiger charge is -2.16. The summed E-state index contributed by atoms with van der Waals surface area (Å²) in [6.45, 7) is -0.181. The fourth-order valence-corrected chi connectivity index (χ4v) is 2.39. The first-order valence-corrected chi connectivity index (χ1v) is 8.18. The number of halogens is 4. The molecule has 5 nitrogen and oxygen atoms in total. The monoisotopic (exact) mass is 401 g/mol. The number of benzene rings is 2. The van der Waals surface area contributed by atoms with Crippen LogP contribution in [0.25, 0.3) is 0 Å². The standard InChI is InChI=1S/C17H15Cl2F2N3O2/c1-24(8-16(25)22-10-2-4-12(18)13(19)6-10)9-17(26)23-11-3-5-14(20)15(21)7-11/h2-7H,8-9H2,1H3,(H,22,25)(H,23,26). The van der Waals surface area contributed by atoms with Crippen LogP contribution in [0.5, 0.6) is 0 Å². The number of anilines is 2. The molecule has 2 N–H and O–H groups in total. The number of nitrogens with one attached hydrogen (secondary N) is 2. The van der Waals surface area contributed by atoms with Crippen LogP contribution in [-0.4, -0.2) is 36.9 Å². The van der Waals surface area contributed by atoms with Crippen molar-refractivity contribution in [3.63, 3.8) is 0 Å². The number of nitrogens with zero attached hydrogens (tertiary/aromatic N) is 1. The molecular formula is C17H15Cl2F2N3O2. The number of carbonyl (C=O) groups is 2. The van der Waals surface area contributed by atoms with E-state index < -0.39 is 17.5 Å². The average Bonchev–Trinajstić information content (AvgIpc) is 2.54. The highest BCUT2D eigenvalue weighted by atomic mass is 35.5. The van der Waals surface area contributed by atoms with Crippen molar-refractivity contribution in [1.82, 2.24) is 4.90 Å². The van der Waals surface area contributed by atoms with Crippen molar-refractivity contribution in [3.8, 4) is 0 Å². The summed E-state index contributed by atoms with van der Waals surface area (Å²) in [6, 6.07) is 7.70. The molecule has 0 bridgehead atoms. The van der Waals surface area contributed by atoms with Crippen LogP contribution in [0.2, 0.25) is 10.0 Å². The van der Waals surface area contributed by atoms with Crippen molar-refractivity contribution in [3.05, 3.63) is 58.1 Å². The van der Waals surface area contributed by atoms with E-state index >= 15 is 0 Å². The minimum absolute atomic E-state index is 0.0640. The molecule has 138 valence electrons. The Morgan fingerprint density at radius 2 is 1.42 bits per heavy atom. The fraction of sp³-hybridized carbons (Fsp3) is 0.176. The molecule has 0 fully saturated rings. The molecule has 9 heteroatoms.